The van der Waals surface area contributed by atoms with Crippen LogP contribution in [0.1, 0.15) is 29.8 Å². The second-order valence-electron chi connectivity index (χ2n) is 3.59. The van der Waals surface area contributed by atoms with Crippen molar-refractivity contribution in [3.63, 3.8) is 0 Å². The van der Waals surface area contributed by atoms with E-state index in [1.807, 2.05) is 0 Å². The van der Waals surface area contributed by atoms with Crippen LogP contribution in [0.5, 0.6) is 0 Å². The van der Waals surface area contributed by atoms with Gasteiger partial charge in [0.05, 0.1) is 0 Å². The van der Waals surface area contributed by atoms with Crippen LogP contribution in [0.4, 0.5) is 0 Å². The molecule has 1 aromatic rings. The summed E-state index contributed by atoms with van der Waals surface area (Å²) in [5.41, 5.74) is 0.513. The first-order chi connectivity index (χ1) is 6.77. The smallest absolute Gasteiger partial charge is 0.211 e. The monoisotopic (exact) mass is 194 g/mol. The quantitative estimate of drug-likeness (QED) is 0.664. The largest absolute Gasteiger partial charge is 0.370 e. The molecule has 1 saturated heterocycles. The van der Waals surface area contributed by atoms with Gasteiger partial charge in [-0.25, -0.2) is 0 Å². The number of hydrogen-bond donors (Lipinski definition) is 0. The van der Waals surface area contributed by atoms with E-state index in [9.17, 15) is 4.79 Å². The molecule has 2 rings (SSSR count). The van der Waals surface area contributed by atoms with Gasteiger partial charge in [-0.05, 0) is 25.3 Å². The maximum atomic E-state index is 11.8. The molecule has 0 saturated carbocycles. The molecule has 0 bridgehead atoms. The Morgan fingerprint density at radius 3 is 3.07 bits per heavy atom. The van der Waals surface area contributed by atoms with Crippen LogP contribution in [0.2, 0.25) is 0 Å². The molecule has 1 aliphatic rings. The predicted molar refractivity (Wildman–Crippen MR) is 51.1 cm³/mol. The molecular formula is C10H14N2O2. The summed E-state index contributed by atoms with van der Waals surface area (Å²) >= 11 is 0. The van der Waals surface area contributed by atoms with Gasteiger partial charge >= 0.3 is 0 Å². The SMILES string of the molecule is Cn1ccc(C(=O)C2CCCCO2)n1. The third kappa shape index (κ3) is 1.85. The van der Waals surface area contributed by atoms with Gasteiger partial charge in [0.1, 0.15) is 11.8 Å². The number of aryl methyl sites for hydroxylation is 1. The van der Waals surface area contributed by atoms with E-state index >= 15 is 0 Å². The Labute approximate surface area is 82.9 Å². The highest BCUT2D eigenvalue weighted by molar-refractivity contribution is 5.97. The molecule has 4 heteroatoms. The molecule has 0 N–H and O–H groups in total. The van der Waals surface area contributed by atoms with Crippen molar-refractivity contribution in [3.05, 3.63) is 18.0 Å². The lowest BCUT2D eigenvalue weighted by atomic mass is 10.0. The molecule has 0 aliphatic carbocycles. The molecule has 1 unspecified atom stereocenters. The molecule has 1 aliphatic heterocycles. The first-order valence-electron chi connectivity index (χ1n) is 4.93. The molecular weight excluding hydrogens is 180 g/mol. The maximum Gasteiger partial charge on any atom is 0.211 e. The van der Waals surface area contributed by atoms with E-state index in [0.29, 0.717) is 12.3 Å². The molecule has 0 spiro atoms. The molecule has 0 aromatic carbocycles. The number of ether oxygens (including phenoxy) is 1. The predicted octanol–water partition coefficient (Wildman–Crippen LogP) is 1.17. The van der Waals surface area contributed by atoms with Crippen LogP contribution in [0, 0.1) is 0 Å². The lowest BCUT2D eigenvalue weighted by Crippen LogP contribution is -2.28. The average molecular weight is 194 g/mol. The number of rotatable bonds is 2. The third-order valence-electron chi connectivity index (χ3n) is 2.44. The Kier molecular flexibility index (Phi) is 2.63. The summed E-state index contributed by atoms with van der Waals surface area (Å²) in [4.78, 5) is 11.8. The van der Waals surface area contributed by atoms with Crippen molar-refractivity contribution in [2.24, 2.45) is 7.05 Å². The van der Waals surface area contributed by atoms with Crippen LogP contribution in [0.15, 0.2) is 12.3 Å². The summed E-state index contributed by atoms with van der Waals surface area (Å²) in [5.74, 6) is 0.0188. The standard InChI is InChI=1S/C10H14N2O2/c1-12-6-5-8(11-12)10(13)9-4-2-3-7-14-9/h5-6,9H,2-4,7H2,1H3. The summed E-state index contributed by atoms with van der Waals surface area (Å²) in [7, 11) is 1.80. The van der Waals surface area contributed by atoms with Crippen molar-refractivity contribution in [2.45, 2.75) is 25.4 Å². The lowest BCUT2D eigenvalue weighted by molar-refractivity contribution is 0.0182. The third-order valence-corrected chi connectivity index (χ3v) is 2.44. The van der Waals surface area contributed by atoms with Crippen molar-refractivity contribution in [1.82, 2.24) is 9.78 Å². The number of carbonyl (C=O) groups is 1. The van der Waals surface area contributed by atoms with Crippen molar-refractivity contribution in [3.8, 4) is 0 Å². The fourth-order valence-corrected chi connectivity index (χ4v) is 1.66. The van der Waals surface area contributed by atoms with E-state index in [0.717, 1.165) is 19.3 Å². The Bertz CT molecular complexity index is 327. The van der Waals surface area contributed by atoms with E-state index in [2.05, 4.69) is 5.10 Å². The zero-order valence-corrected chi connectivity index (χ0v) is 8.27. The van der Waals surface area contributed by atoms with Gasteiger partial charge in [-0.3, -0.25) is 9.48 Å². The van der Waals surface area contributed by atoms with Crippen LogP contribution < -0.4 is 0 Å². The van der Waals surface area contributed by atoms with Gasteiger partial charge in [-0.1, -0.05) is 0 Å². The Hall–Kier alpha value is -1.16. The molecule has 2 heterocycles. The number of Topliss-reactive ketones (excluding diaryl/α,β-unsaturated/α-hetero) is 1. The van der Waals surface area contributed by atoms with Gasteiger partial charge in [0.2, 0.25) is 5.78 Å². The second kappa shape index (κ2) is 3.92. The Balaban J connectivity index is 2.07. The molecule has 0 amide bonds. The van der Waals surface area contributed by atoms with Gasteiger partial charge in [0.15, 0.2) is 0 Å². The summed E-state index contributed by atoms with van der Waals surface area (Å²) in [6.45, 7) is 0.698. The fraction of sp³-hybridized carbons (Fsp3) is 0.600. The van der Waals surface area contributed by atoms with Gasteiger partial charge in [-0.15, -0.1) is 0 Å². The summed E-state index contributed by atoms with van der Waals surface area (Å²) in [6.07, 6.45) is 4.47. The minimum Gasteiger partial charge on any atom is -0.370 e. The number of aromatic nitrogens is 2. The van der Waals surface area contributed by atoms with Crippen molar-refractivity contribution in [1.29, 1.82) is 0 Å². The fourth-order valence-electron chi connectivity index (χ4n) is 1.66. The van der Waals surface area contributed by atoms with Crippen LogP contribution in [-0.4, -0.2) is 28.3 Å². The molecule has 1 aromatic heterocycles. The number of carbonyl (C=O) groups excluding carboxylic acids is 1. The van der Waals surface area contributed by atoms with Gasteiger partial charge in [0, 0.05) is 19.9 Å². The van der Waals surface area contributed by atoms with Gasteiger partial charge in [0.25, 0.3) is 0 Å². The zero-order valence-electron chi connectivity index (χ0n) is 8.27. The number of ketones is 1. The van der Waals surface area contributed by atoms with Gasteiger partial charge < -0.3 is 4.74 Å². The number of hydrogen-bond acceptors (Lipinski definition) is 3. The highest BCUT2D eigenvalue weighted by atomic mass is 16.5. The molecule has 1 fully saturated rings. The molecule has 76 valence electrons. The molecule has 14 heavy (non-hydrogen) atoms. The van der Waals surface area contributed by atoms with E-state index in [1.165, 1.54) is 0 Å². The first kappa shape index (κ1) is 9.40. The maximum absolute atomic E-state index is 11.8. The van der Waals surface area contributed by atoms with Crippen LogP contribution in [-0.2, 0) is 11.8 Å². The highest BCUT2D eigenvalue weighted by Crippen LogP contribution is 2.16. The van der Waals surface area contributed by atoms with Crippen LogP contribution in [0.25, 0.3) is 0 Å². The average Bonchev–Trinajstić information content (AvgIpc) is 2.65. The van der Waals surface area contributed by atoms with Crippen molar-refractivity contribution in [2.75, 3.05) is 6.61 Å². The summed E-state index contributed by atoms with van der Waals surface area (Å²) in [6, 6.07) is 1.74. The Morgan fingerprint density at radius 1 is 1.64 bits per heavy atom. The second-order valence-corrected chi connectivity index (χ2v) is 3.59. The van der Waals surface area contributed by atoms with Crippen LogP contribution >= 0.6 is 0 Å². The van der Waals surface area contributed by atoms with E-state index in [-0.39, 0.29) is 11.9 Å². The van der Waals surface area contributed by atoms with E-state index < -0.39 is 0 Å². The minimum atomic E-state index is -0.265. The normalized spacial score (nSPS) is 22.2. The van der Waals surface area contributed by atoms with Crippen molar-refractivity contribution >= 4 is 5.78 Å². The lowest BCUT2D eigenvalue weighted by Gasteiger charge is -2.20. The van der Waals surface area contributed by atoms with Crippen molar-refractivity contribution < 1.29 is 9.53 Å². The van der Waals surface area contributed by atoms with E-state index in [4.69, 9.17) is 4.74 Å². The van der Waals surface area contributed by atoms with Crippen LogP contribution in [0.3, 0.4) is 0 Å². The molecule has 0 radical (unpaired) electrons. The molecule has 4 nitrogen and oxygen atoms in total. The molecule has 1 atom stereocenters. The number of nitrogens with zero attached hydrogens (tertiary/aromatic N) is 2. The Morgan fingerprint density at radius 2 is 2.50 bits per heavy atom. The summed E-state index contributed by atoms with van der Waals surface area (Å²) < 4.78 is 7.04. The topological polar surface area (TPSA) is 44.1 Å². The highest BCUT2D eigenvalue weighted by Gasteiger charge is 2.24. The zero-order chi connectivity index (χ0) is 9.97. The first-order valence-corrected chi connectivity index (χ1v) is 4.93. The van der Waals surface area contributed by atoms with Gasteiger partial charge in [-0.2, -0.15) is 5.10 Å². The minimum absolute atomic E-state index is 0.0188. The summed E-state index contributed by atoms with van der Waals surface area (Å²) in [5, 5.41) is 4.07. The van der Waals surface area contributed by atoms with E-state index in [1.54, 1.807) is 24.0 Å².